The fraction of sp³-hybridized carbons (Fsp3) is 0.136. The number of non-ortho nitro benzene ring substituents is 1. The molecular formula is C22H20ClN3O4. The van der Waals surface area contributed by atoms with Crippen molar-refractivity contribution in [1.82, 2.24) is 0 Å². The minimum Gasteiger partial charge on any atom is -0.484 e. The van der Waals surface area contributed by atoms with E-state index in [0.29, 0.717) is 28.7 Å². The summed E-state index contributed by atoms with van der Waals surface area (Å²) in [7, 11) is 0. The molecule has 0 aliphatic rings. The van der Waals surface area contributed by atoms with Crippen LogP contribution in [0.15, 0.2) is 66.7 Å². The Morgan fingerprint density at radius 3 is 2.63 bits per heavy atom. The van der Waals surface area contributed by atoms with Crippen molar-refractivity contribution in [3.05, 3.63) is 93.0 Å². The summed E-state index contributed by atoms with van der Waals surface area (Å²) in [6, 6.07) is 18.9. The molecule has 1 amide bonds. The highest BCUT2D eigenvalue weighted by Crippen LogP contribution is 2.21. The van der Waals surface area contributed by atoms with E-state index >= 15 is 0 Å². The molecule has 0 saturated heterocycles. The van der Waals surface area contributed by atoms with E-state index < -0.39 is 4.92 Å². The highest BCUT2D eigenvalue weighted by atomic mass is 35.5. The van der Waals surface area contributed by atoms with Gasteiger partial charge in [0.2, 0.25) is 0 Å². The number of rotatable bonds is 8. The first-order chi connectivity index (χ1) is 14.4. The van der Waals surface area contributed by atoms with Crippen molar-refractivity contribution in [2.24, 2.45) is 0 Å². The van der Waals surface area contributed by atoms with Crippen molar-refractivity contribution >= 4 is 34.6 Å². The molecule has 154 valence electrons. The largest absolute Gasteiger partial charge is 0.484 e. The number of amides is 1. The molecule has 2 N–H and O–H groups in total. The first kappa shape index (κ1) is 21.1. The summed E-state index contributed by atoms with van der Waals surface area (Å²) in [6.07, 6.45) is 0. The van der Waals surface area contributed by atoms with Gasteiger partial charge < -0.3 is 15.4 Å². The van der Waals surface area contributed by atoms with Crippen molar-refractivity contribution in [3.63, 3.8) is 0 Å². The zero-order valence-electron chi connectivity index (χ0n) is 16.2. The molecule has 7 nitrogen and oxygen atoms in total. The van der Waals surface area contributed by atoms with E-state index in [1.54, 1.807) is 36.4 Å². The van der Waals surface area contributed by atoms with Crippen molar-refractivity contribution in [3.8, 4) is 5.75 Å². The van der Waals surface area contributed by atoms with Crippen LogP contribution in [0.3, 0.4) is 0 Å². The number of anilines is 2. The lowest BCUT2D eigenvalue weighted by molar-refractivity contribution is -0.384. The fourth-order valence-electron chi connectivity index (χ4n) is 2.70. The number of hydrogen-bond acceptors (Lipinski definition) is 5. The summed E-state index contributed by atoms with van der Waals surface area (Å²) in [5.74, 6) is 0.250. The quantitative estimate of drug-likeness (QED) is 0.383. The third-order valence-corrected chi connectivity index (χ3v) is 4.68. The van der Waals surface area contributed by atoms with Gasteiger partial charge in [-0.2, -0.15) is 0 Å². The second kappa shape index (κ2) is 9.76. The van der Waals surface area contributed by atoms with E-state index in [9.17, 15) is 14.9 Å². The van der Waals surface area contributed by atoms with Gasteiger partial charge in [0.15, 0.2) is 6.61 Å². The van der Waals surface area contributed by atoms with Crippen molar-refractivity contribution in [1.29, 1.82) is 0 Å². The Morgan fingerprint density at radius 2 is 1.87 bits per heavy atom. The van der Waals surface area contributed by atoms with Gasteiger partial charge in [0, 0.05) is 35.1 Å². The molecular weight excluding hydrogens is 406 g/mol. The zero-order valence-corrected chi connectivity index (χ0v) is 17.0. The van der Waals surface area contributed by atoms with Crippen molar-refractivity contribution in [2.45, 2.75) is 13.5 Å². The second-order valence-corrected chi connectivity index (χ2v) is 7.02. The van der Waals surface area contributed by atoms with E-state index in [-0.39, 0.29) is 18.2 Å². The number of aryl methyl sites for hydroxylation is 1. The molecule has 0 bridgehead atoms. The van der Waals surface area contributed by atoms with Gasteiger partial charge in [-0.25, -0.2) is 0 Å². The highest BCUT2D eigenvalue weighted by molar-refractivity contribution is 6.31. The van der Waals surface area contributed by atoms with Crippen molar-refractivity contribution in [2.75, 3.05) is 17.2 Å². The Labute approximate surface area is 178 Å². The highest BCUT2D eigenvalue weighted by Gasteiger charge is 2.07. The normalized spacial score (nSPS) is 10.3. The molecule has 0 aliphatic carbocycles. The van der Waals surface area contributed by atoms with E-state index in [1.165, 1.54) is 12.1 Å². The van der Waals surface area contributed by atoms with Crippen LogP contribution in [0.2, 0.25) is 5.02 Å². The molecule has 8 heteroatoms. The number of ether oxygens (including phenoxy) is 1. The van der Waals surface area contributed by atoms with Crippen molar-refractivity contribution < 1.29 is 14.5 Å². The number of nitrogens with zero attached hydrogens (tertiary/aromatic N) is 1. The molecule has 0 saturated carbocycles. The maximum atomic E-state index is 12.1. The van der Waals surface area contributed by atoms with E-state index in [4.69, 9.17) is 16.3 Å². The van der Waals surface area contributed by atoms with Gasteiger partial charge in [-0.3, -0.25) is 14.9 Å². The molecule has 0 aliphatic heterocycles. The van der Waals surface area contributed by atoms with Gasteiger partial charge in [-0.1, -0.05) is 35.9 Å². The number of nitro groups is 1. The number of nitrogens with one attached hydrogen (secondary N) is 2. The molecule has 0 fully saturated rings. The zero-order chi connectivity index (χ0) is 21.5. The predicted molar refractivity (Wildman–Crippen MR) is 117 cm³/mol. The van der Waals surface area contributed by atoms with Crippen LogP contribution in [0.5, 0.6) is 5.75 Å². The summed E-state index contributed by atoms with van der Waals surface area (Å²) in [6.45, 7) is 2.19. The average Bonchev–Trinajstić information content (AvgIpc) is 2.74. The standard InChI is InChI=1S/C22H20ClN3O4/c1-15-8-9-18(12-21(15)23)25-22(27)14-30-20-7-2-4-16(10-20)13-24-17-5-3-6-19(11-17)26(28)29/h2-12,24H,13-14H2,1H3,(H,25,27). The molecule has 3 rings (SSSR count). The topological polar surface area (TPSA) is 93.5 Å². The molecule has 0 atom stereocenters. The molecule has 0 unspecified atom stereocenters. The first-order valence-electron chi connectivity index (χ1n) is 9.17. The summed E-state index contributed by atoms with van der Waals surface area (Å²) in [5, 5.41) is 17.3. The molecule has 3 aromatic carbocycles. The van der Waals surface area contributed by atoms with Crippen LogP contribution in [0.25, 0.3) is 0 Å². The van der Waals surface area contributed by atoms with Gasteiger partial charge in [-0.15, -0.1) is 0 Å². The van der Waals surface area contributed by atoms with Gasteiger partial charge in [-0.05, 0) is 48.4 Å². The number of carbonyl (C=O) groups excluding carboxylic acids is 1. The second-order valence-electron chi connectivity index (χ2n) is 6.61. The Morgan fingerprint density at radius 1 is 1.07 bits per heavy atom. The van der Waals surface area contributed by atoms with Gasteiger partial charge in [0.25, 0.3) is 11.6 Å². The minimum absolute atomic E-state index is 0.0259. The number of halogens is 1. The lowest BCUT2D eigenvalue weighted by atomic mass is 10.2. The SMILES string of the molecule is Cc1ccc(NC(=O)COc2cccc(CNc3cccc([N+](=O)[O-])c3)c2)cc1Cl. The van der Waals surface area contributed by atoms with Crippen LogP contribution in [0.4, 0.5) is 17.1 Å². The Hall–Kier alpha value is -3.58. The van der Waals surface area contributed by atoms with Gasteiger partial charge in [0.05, 0.1) is 4.92 Å². The van der Waals surface area contributed by atoms with Gasteiger partial charge >= 0.3 is 0 Å². The maximum Gasteiger partial charge on any atom is 0.271 e. The molecule has 3 aromatic rings. The third kappa shape index (κ3) is 5.96. The smallest absolute Gasteiger partial charge is 0.271 e. The summed E-state index contributed by atoms with van der Waals surface area (Å²) in [4.78, 5) is 22.6. The van der Waals surface area contributed by atoms with Crippen LogP contribution in [-0.4, -0.2) is 17.4 Å². The number of benzene rings is 3. The van der Waals surface area contributed by atoms with Crippen LogP contribution in [0, 0.1) is 17.0 Å². The number of carbonyl (C=O) groups is 1. The Bertz CT molecular complexity index is 1070. The predicted octanol–water partition coefficient (Wildman–Crippen LogP) is 5.19. The van der Waals surface area contributed by atoms with E-state index in [2.05, 4.69) is 10.6 Å². The Kier molecular flexibility index (Phi) is 6.87. The lowest BCUT2D eigenvalue weighted by Gasteiger charge is -2.10. The minimum atomic E-state index is -0.435. The van der Waals surface area contributed by atoms with Crippen LogP contribution in [0.1, 0.15) is 11.1 Å². The summed E-state index contributed by atoms with van der Waals surface area (Å²) < 4.78 is 5.58. The summed E-state index contributed by atoms with van der Waals surface area (Å²) >= 11 is 6.06. The van der Waals surface area contributed by atoms with Crippen LogP contribution in [-0.2, 0) is 11.3 Å². The number of nitro benzene ring substituents is 1. The first-order valence-corrected chi connectivity index (χ1v) is 9.54. The average molecular weight is 426 g/mol. The molecule has 30 heavy (non-hydrogen) atoms. The van der Waals surface area contributed by atoms with Gasteiger partial charge in [0.1, 0.15) is 5.75 Å². The molecule has 0 spiro atoms. The third-order valence-electron chi connectivity index (χ3n) is 4.28. The van der Waals surface area contributed by atoms with E-state index in [0.717, 1.165) is 11.1 Å². The lowest BCUT2D eigenvalue weighted by Crippen LogP contribution is -2.20. The molecule has 0 heterocycles. The summed E-state index contributed by atoms with van der Waals surface area (Å²) in [5.41, 5.74) is 3.12. The van der Waals surface area contributed by atoms with Crippen LogP contribution >= 0.6 is 11.6 Å². The van der Waals surface area contributed by atoms with E-state index in [1.807, 2.05) is 25.1 Å². The maximum absolute atomic E-state index is 12.1. The monoisotopic (exact) mass is 425 g/mol. The fourth-order valence-corrected chi connectivity index (χ4v) is 2.88. The van der Waals surface area contributed by atoms with Crippen LogP contribution < -0.4 is 15.4 Å². The molecule has 0 radical (unpaired) electrons. The Balaban J connectivity index is 1.53. The number of hydrogen-bond donors (Lipinski definition) is 2. The molecule has 0 aromatic heterocycles.